The summed E-state index contributed by atoms with van der Waals surface area (Å²) in [6, 6.07) is 16.8. The van der Waals surface area contributed by atoms with Crippen molar-refractivity contribution in [2.24, 2.45) is 4.99 Å². The summed E-state index contributed by atoms with van der Waals surface area (Å²) in [6.07, 6.45) is 3.70. The number of para-hydroxylation sites is 1. The molecule has 3 rings (SSSR count). The van der Waals surface area contributed by atoms with Gasteiger partial charge in [0.2, 0.25) is 0 Å². The number of ether oxygens (including phenoxy) is 1. The number of hydrogen-bond acceptors (Lipinski definition) is 3. The molecule has 2 aromatic carbocycles. The molecule has 0 aliphatic carbocycles. The number of aromatic nitrogens is 2. The highest BCUT2D eigenvalue weighted by atomic mass is 127. The topological polar surface area (TPSA) is 63.5 Å². The van der Waals surface area contributed by atoms with Crippen LogP contribution in [0, 0.1) is 0 Å². The van der Waals surface area contributed by atoms with Gasteiger partial charge >= 0.3 is 6.61 Å². The Kier molecular flexibility index (Phi) is 10.2. The SMILES string of the molecule is CCNC(=NCc1ccccc1OC(F)F)NCc1nccn1Cc1ccccc1.I. The normalized spacial score (nSPS) is 11.2. The molecule has 0 spiro atoms. The average Bonchev–Trinajstić information content (AvgIpc) is 3.18. The van der Waals surface area contributed by atoms with Gasteiger partial charge in [-0.25, -0.2) is 9.98 Å². The summed E-state index contributed by atoms with van der Waals surface area (Å²) in [4.78, 5) is 8.92. The van der Waals surface area contributed by atoms with Crippen LogP contribution in [0.5, 0.6) is 5.75 Å². The first-order valence-electron chi connectivity index (χ1n) is 9.74. The van der Waals surface area contributed by atoms with E-state index in [0.29, 0.717) is 24.6 Å². The monoisotopic (exact) mass is 541 g/mol. The lowest BCUT2D eigenvalue weighted by Crippen LogP contribution is -2.37. The Balaban J connectivity index is 0.00000341. The fraction of sp³-hybridized carbons (Fsp3) is 0.273. The van der Waals surface area contributed by atoms with Crippen molar-refractivity contribution in [2.45, 2.75) is 33.2 Å². The smallest absolute Gasteiger partial charge is 0.387 e. The molecule has 31 heavy (non-hydrogen) atoms. The standard InChI is InChI=1S/C22H25F2N5O.HI/c1-2-25-22(27-14-18-10-6-7-11-19(18)30-21(23)24)28-15-20-26-12-13-29(20)16-17-8-4-3-5-9-17;/h3-13,21H,2,14-16H2,1H3,(H2,25,27,28);1H. The van der Waals surface area contributed by atoms with Gasteiger partial charge in [-0.3, -0.25) is 0 Å². The molecule has 1 heterocycles. The van der Waals surface area contributed by atoms with E-state index in [1.54, 1.807) is 24.4 Å². The summed E-state index contributed by atoms with van der Waals surface area (Å²) in [7, 11) is 0. The first kappa shape index (κ1) is 24.6. The predicted molar refractivity (Wildman–Crippen MR) is 128 cm³/mol. The van der Waals surface area contributed by atoms with Gasteiger partial charge in [0.15, 0.2) is 5.96 Å². The zero-order valence-corrected chi connectivity index (χ0v) is 19.5. The Morgan fingerprint density at radius 3 is 2.58 bits per heavy atom. The molecule has 9 heteroatoms. The number of alkyl halides is 2. The van der Waals surface area contributed by atoms with Gasteiger partial charge in [-0.05, 0) is 18.6 Å². The highest BCUT2D eigenvalue weighted by Crippen LogP contribution is 2.20. The molecule has 0 aliphatic rings. The number of guanidine groups is 1. The zero-order chi connectivity index (χ0) is 21.2. The number of aliphatic imine (C=N–C) groups is 1. The number of rotatable bonds is 9. The van der Waals surface area contributed by atoms with Crippen LogP contribution in [0.4, 0.5) is 8.78 Å². The Morgan fingerprint density at radius 1 is 1.10 bits per heavy atom. The summed E-state index contributed by atoms with van der Waals surface area (Å²) in [5, 5.41) is 6.40. The summed E-state index contributed by atoms with van der Waals surface area (Å²) in [5.41, 5.74) is 1.77. The molecule has 1 aromatic heterocycles. The number of nitrogens with one attached hydrogen (secondary N) is 2. The Bertz CT molecular complexity index is 950. The molecule has 0 unspecified atom stereocenters. The summed E-state index contributed by atoms with van der Waals surface area (Å²) >= 11 is 0. The molecule has 0 amide bonds. The second-order valence-electron chi connectivity index (χ2n) is 6.49. The van der Waals surface area contributed by atoms with Gasteiger partial charge in [-0.1, -0.05) is 48.5 Å². The maximum absolute atomic E-state index is 12.6. The van der Waals surface area contributed by atoms with Crippen molar-refractivity contribution in [2.75, 3.05) is 6.54 Å². The Hall–Kier alpha value is -2.69. The quantitative estimate of drug-likeness (QED) is 0.240. The summed E-state index contributed by atoms with van der Waals surface area (Å²) in [6.45, 7) is 1.16. The number of imidazole rings is 1. The Morgan fingerprint density at radius 2 is 1.84 bits per heavy atom. The van der Waals surface area contributed by atoms with Crippen molar-refractivity contribution in [3.63, 3.8) is 0 Å². The fourth-order valence-electron chi connectivity index (χ4n) is 2.95. The minimum absolute atomic E-state index is 0. The van der Waals surface area contributed by atoms with Gasteiger partial charge in [-0.15, -0.1) is 24.0 Å². The van der Waals surface area contributed by atoms with Crippen molar-refractivity contribution < 1.29 is 13.5 Å². The molecule has 0 saturated carbocycles. The van der Waals surface area contributed by atoms with Crippen LogP contribution in [-0.2, 0) is 19.6 Å². The first-order chi connectivity index (χ1) is 14.7. The number of benzene rings is 2. The largest absolute Gasteiger partial charge is 0.434 e. The van der Waals surface area contributed by atoms with Gasteiger partial charge in [0.05, 0.1) is 13.1 Å². The molecular formula is C22H26F2IN5O. The lowest BCUT2D eigenvalue weighted by molar-refractivity contribution is -0.0504. The van der Waals surface area contributed by atoms with E-state index < -0.39 is 6.61 Å². The third-order valence-electron chi connectivity index (χ3n) is 4.35. The number of halogens is 3. The first-order valence-corrected chi connectivity index (χ1v) is 9.74. The van der Waals surface area contributed by atoms with Crippen LogP contribution in [-0.4, -0.2) is 28.7 Å². The van der Waals surface area contributed by atoms with Crippen LogP contribution < -0.4 is 15.4 Å². The van der Waals surface area contributed by atoms with Crippen LogP contribution in [0.25, 0.3) is 0 Å². The van der Waals surface area contributed by atoms with Crippen molar-refractivity contribution in [1.82, 2.24) is 20.2 Å². The van der Waals surface area contributed by atoms with Crippen LogP contribution in [0.3, 0.4) is 0 Å². The molecule has 6 nitrogen and oxygen atoms in total. The van der Waals surface area contributed by atoms with E-state index in [4.69, 9.17) is 0 Å². The van der Waals surface area contributed by atoms with E-state index in [9.17, 15) is 8.78 Å². The Labute approximate surface area is 197 Å². The average molecular weight is 541 g/mol. The molecule has 3 aromatic rings. The number of hydrogen-bond donors (Lipinski definition) is 2. The predicted octanol–water partition coefficient (Wildman–Crippen LogP) is 4.41. The number of nitrogens with zero attached hydrogens (tertiary/aromatic N) is 3. The highest BCUT2D eigenvalue weighted by Gasteiger charge is 2.09. The summed E-state index contributed by atoms with van der Waals surface area (Å²) < 4.78 is 31.8. The van der Waals surface area contributed by atoms with Gasteiger partial charge in [0.1, 0.15) is 11.6 Å². The van der Waals surface area contributed by atoms with E-state index in [2.05, 4.69) is 42.0 Å². The van der Waals surface area contributed by atoms with Gasteiger partial charge in [-0.2, -0.15) is 8.78 Å². The van der Waals surface area contributed by atoms with Crippen molar-refractivity contribution in [3.05, 3.63) is 83.9 Å². The maximum Gasteiger partial charge on any atom is 0.387 e. The van der Waals surface area contributed by atoms with Crippen LogP contribution in [0.1, 0.15) is 23.9 Å². The van der Waals surface area contributed by atoms with E-state index in [1.165, 1.54) is 11.6 Å². The van der Waals surface area contributed by atoms with Crippen molar-refractivity contribution in [3.8, 4) is 5.75 Å². The minimum atomic E-state index is -2.87. The molecular weight excluding hydrogens is 515 g/mol. The van der Waals surface area contributed by atoms with Crippen LogP contribution in [0.15, 0.2) is 72.0 Å². The van der Waals surface area contributed by atoms with Gasteiger partial charge in [0.25, 0.3) is 0 Å². The fourth-order valence-corrected chi connectivity index (χ4v) is 2.95. The van der Waals surface area contributed by atoms with E-state index in [0.717, 1.165) is 12.4 Å². The lowest BCUT2D eigenvalue weighted by atomic mass is 10.2. The van der Waals surface area contributed by atoms with E-state index >= 15 is 0 Å². The molecule has 0 saturated heterocycles. The highest BCUT2D eigenvalue weighted by molar-refractivity contribution is 14.0. The molecule has 0 radical (unpaired) electrons. The molecule has 0 aliphatic heterocycles. The molecule has 0 atom stereocenters. The van der Waals surface area contributed by atoms with Crippen molar-refractivity contribution in [1.29, 1.82) is 0 Å². The minimum Gasteiger partial charge on any atom is -0.434 e. The maximum atomic E-state index is 12.6. The second kappa shape index (κ2) is 12.9. The van der Waals surface area contributed by atoms with Crippen LogP contribution in [0.2, 0.25) is 0 Å². The molecule has 166 valence electrons. The summed E-state index contributed by atoms with van der Waals surface area (Å²) in [5.74, 6) is 1.56. The van der Waals surface area contributed by atoms with Gasteiger partial charge < -0.3 is 19.9 Å². The lowest BCUT2D eigenvalue weighted by Gasteiger charge is -2.13. The third-order valence-corrected chi connectivity index (χ3v) is 4.35. The third kappa shape index (κ3) is 7.82. The van der Waals surface area contributed by atoms with Crippen LogP contribution >= 0.6 is 24.0 Å². The van der Waals surface area contributed by atoms with Gasteiger partial charge in [0, 0.05) is 31.0 Å². The molecule has 0 bridgehead atoms. The molecule has 2 N–H and O–H groups in total. The second-order valence-corrected chi connectivity index (χ2v) is 6.49. The zero-order valence-electron chi connectivity index (χ0n) is 17.2. The van der Waals surface area contributed by atoms with E-state index in [1.807, 2.05) is 31.3 Å². The molecule has 0 fully saturated rings. The van der Waals surface area contributed by atoms with E-state index in [-0.39, 0.29) is 36.3 Å². The van der Waals surface area contributed by atoms with Crippen molar-refractivity contribution >= 4 is 29.9 Å².